The van der Waals surface area contributed by atoms with Crippen LogP contribution in [0.2, 0.25) is 0 Å². The monoisotopic (exact) mass is 261 g/mol. The highest BCUT2D eigenvalue weighted by molar-refractivity contribution is 7.98. The molecule has 0 spiro atoms. The first-order valence-electron chi connectivity index (χ1n) is 6.01. The van der Waals surface area contributed by atoms with Gasteiger partial charge < -0.3 is 5.32 Å². The second-order valence-electron chi connectivity index (χ2n) is 4.39. The van der Waals surface area contributed by atoms with E-state index in [9.17, 15) is 0 Å². The summed E-state index contributed by atoms with van der Waals surface area (Å²) in [5, 5.41) is 7.67. The summed E-state index contributed by atoms with van der Waals surface area (Å²) in [7, 11) is 3.91. The molecule has 0 amide bonds. The normalized spacial score (nSPS) is 10.7. The van der Waals surface area contributed by atoms with E-state index < -0.39 is 0 Å². The molecule has 0 aliphatic rings. The Labute approximate surface area is 113 Å². The van der Waals surface area contributed by atoms with E-state index in [1.165, 1.54) is 16.0 Å². The number of nitrogens with one attached hydrogen (secondary N) is 1. The zero-order valence-electron chi connectivity index (χ0n) is 11.3. The summed E-state index contributed by atoms with van der Waals surface area (Å²) in [6.07, 6.45) is 0. The minimum Gasteiger partial charge on any atom is -0.373 e. The lowest BCUT2D eigenvalue weighted by molar-refractivity contribution is 0.763. The molecule has 3 nitrogen and oxygen atoms in total. The lowest BCUT2D eigenvalue weighted by atomic mass is 10.2. The molecule has 0 bridgehead atoms. The maximum absolute atomic E-state index is 4.45. The van der Waals surface area contributed by atoms with Gasteiger partial charge in [-0.2, -0.15) is 5.10 Å². The maximum Gasteiger partial charge on any atom is 0.128 e. The smallest absolute Gasteiger partial charge is 0.128 e. The molecular formula is C14H19N3S. The first kappa shape index (κ1) is 13.0. The van der Waals surface area contributed by atoms with Crippen LogP contribution in [0.25, 0.3) is 0 Å². The Morgan fingerprint density at radius 3 is 2.78 bits per heavy atom. The predicted molar refractivity (Wildman–Crippen MR) is 78.2 cm³/mol. The van der Waals surface area contributed by atoms with Gasteiger partial charge in [-0.15, -0.1) is 11.8 Å². The summed E-state index contributed by atoms with van der Waals surface area (Å²) < 4.78 is 1.90. The molecule has 1 aromatic carbocycles. The highest BCUT2D eigenvalue weighted by Crippen LogP contribution is 2.28. The van der Waals surface area contributed by atoms with Gasteiger partial charge in [-0.05, 0) is 26.0 Å². The largest absolute Gasteiger partial charge is 0.373 e. The Morgan fingerprint density at radius 1 is 1.33 bits per heavy atom. The Balaban J connectivity index is 2.15. The molecule has 96 valence electrons. The van der Waals surface area contributed by atoms with Crippen LogP contribution >= 0.6 is 11.8 Å². The van der Waals surface area contributed by atoms with Crippen molar-refractivity contribution in [3.63, 3.8) is 0 Å². The lowest BCUT2D eigenvalue weighted by Gasteiger charge is -2.06. The van der Waals surface area contributed by atoms with Gasteiger partial charge in [0.25, 0.3) is 0 Å². The highest BCUT2D eigenvalue weighted by atomic mass is 32.2. The molecule has 2 aromatic rings. The fourth-order valence-electron chi connectivity index (χ4n) is 2.05. The molecule has 0 saturated carbocycles. The summed E-state index contributed by atoms with van der Waals surface area (Å²) in [5.41, 5.74) is 3.69. The van der Waals surface area contributed by atoms with E-state index in [-0.39, 0.29) is 0 Å². The average Bonchev–Trinajstić information content (AvgIpc) is 2.60. The molecular weight excluding hydrogens is 242 g/mol. The minimum absolute atomic E-state index is 0.944. The summed E-state index contributed by atoms with van der Waals surface area (Å²) in [6.45, 7) is 4.19. The molecule has 0 saturated heterocycles. The van der Waals surface area contributed by atoms with E-state index in [0.717, 1.165) is 17.3 Å². The van der Waals surface area contributed by atoms with Crippen LogP contribution in [-0.4, -0.2) is 16.8 Å². The molecule has 18 heavy (non-hydrogen) atoms. The van der Waals surface area contributed by atoms with Crippen molar-refractivity contribution < 1.29 is 0 Å². The number of rotatable bonds is 4. The van der Waals surface area contributed by atoms with Crippen molar-refractivity contribution in [2.45, 2.75) is 24.5 Å². The van der Waals surface area contributed by atoms with Gasteiger partial charge in [-0.3, -0.25) is 4.68 Å². The quantitative estimate of drug-likeness (QED) is 0.856. The van der Waals surface area contributed by atoms with Gasteiger partial charge in [0, 0.05) is 30.3 Å². The van der Waals surface area contributed by atoms with Crippen LogP contribution in [0, 0.1) is 13.8 Å². The molecule has 0 radical (unpaired) electrons. The molecule has 1 aromatic heterocycles. The molecule has 0 fully saturated rings. The van der Waals surface area contributed by atoms with E-state index in [0.29, 0.717) is 0 Å². The number of anilines is 1. The Morgan fingerprint density at radius 2 is 2.11 bits per heavy atom. The van der Waals surface area contributed by atoms with Crippen LogP contribution in [0.4, 0.5) is 5.82 Å². The molecule has 0 atom stereocenters. The third-order valence-corrected chi connectivity index (χ3v) is 3.98. The van der Waals surface area contributed by atoms with E-state index in [4.69, 9.17) is 0 Å². The number of aromatic nitrogens is 2. The number of thioether (sulfide) groups is 1. The van der Waals surface area contributed by atoms with Crippen LogP contribution in [0.5, 0.6) is 0 Å². The standard InChI is InChI=1S/C14H19N3S/c1-10-6-5-7-12(8-10)18-9-13-11(2)16-17(4)14(13)15-3/h5-8,15H,9H2,1-4H3. The Kier molecular flexibility index (Phi) is 3.97. The summed E-state index contributed by atoms with van der Waals surface area (Å²) in [4.78, 5) is 1.31. The van der Waals surface area contributed by atoms with Crippen molar-refractivity contribution in [2.75, 3.05) is 12.4 Å². The lowest BCUT2D eigenvalue weighted by Crippen LogP contribution is -2.00. The maximum atomic E-state index is 4.45. The van der Waals surface area contributed by atoms with Crippen molar-refractivity contribution >= 4 is 17.6 Å². The molecule has 0 unspecified atom stereocenters. The van der Waals surface area contributed by atoms with Gasteiger partial charge in [-0.25, -0.2) is 0 Å². The highest BCUT2D eigenvalue weighted by Gasteiger charge is 2.11. The number of aryl methyl sites for hydroxylation is 3. The summed E-state index contributed by atoms with van der Waals surface area (Å²) in [6, 6.07) is 8.60. The molecule has 2 rings (SSSR count). The van der Waals surface area contributed by atoms with Gasteiger partial charge in [0.15, 0.2) is 0 Å². The zero-order valence-corrected chi connectivity index (χ0v) is 12.1. The van der Waals surface area contributed by atoms with Gasteiger partial charge in [-0.1, -0.05) is 17.7 Å². The SMILES string of the molecule is CNc1c(CSc2cccc(C)c2)c(C)nn1C. The van der Waals surface area contributed by atoms with Crippen molar-refractivity contribution in [3.8, 4) is 0 Å². The van der Waals surface area contributed by atoms with Crippen LogP contribution in [-0.2, 0) is 12.8 Å². The first-order valence-corrected chi connectivity index (χ1v) is 7.00. The van der Waals surface area contributed by atoms with Crippen LogP contribution in [0.3, 0.4) is 0 Å². The van der Waals surface area contributed by atoms with Crippen molar-refractivity contribution in [3.05, 3.63) is 41.1 Å². The average molecular weight is 261 g/mol. The van der Waals surface area contributed by atoms with E-state index in [1.807, 2.05) is 30.5 Å². The zero-order chi connectivity index (χ0) is 13.1. The Bertz CT molecular complexity index is 546. The van der Waals surface area contributed by atoms with Gasteiger partial charge in [0.1, 0.15) is 5.82 Å². The van der Waals surface area contributed by atoms with Gasteiger partial charge in [0.05, 0.1) is 5.69 Å². The second kappa shape index (κ2) is 5.48. The third-order valence-electron chi connectivity index (χ3n) is 2.96. The van der Waals surface area contributed by atoms with Crippen molar-refractivity contribution in [1.29, 1.82) is 0 Å². The Hall–Kier alpha value is -1.42. The predicted octanol–water partition coefficient (Wildman–Crippen LogP) is 3.37. The van der Waals surface area contributed by atoms with Gasteiger partial charge >= 0.3 is 0 Å². The molecule has 0 aliphatic heterocycles. The number of benzene rings is 1. The van der Waals surface area contributed by atoms with E-state index in [2.05, 4.69) is 48.5 Å². The molecule has 1 heterocycles. The topological polar surface area (TPSA) is 29.9 Å². The van der Waals surface area contributed by atoms with Crippen molar-refractivity contribution in [1.82, 2.24) is 9.78 Å². The summed E-state index contributed by atoms with van der Waals surface area (Å²) in [5.74, 6) is 2.05. The third kappa shape index (κ3) is 2.70. The minimum atomic E-state index is 0.944. The number of nitrogens with zero attached hydrogens (tertiary/aromatic N) is 2. The summed E-state index contributed by atoms with van der Waals surface area (Å²) >= 11 is 1.85. The van der Waals surface area contributed by atoms with Crippen molar-refractivity contribution in [2.24, 2.45) is 7.05 Å². The fraction of sp³-hybridized carbons (Fsp3) is 0.357. The molecule has 4 heteroatoms. The fourth-order valence-corrected chi connectivity index (χ4v) is 3.15. The van der Waals surface area contributed by atoms with Gasteiger partial charge in [0.2, 0.25) is 0 Å². The first-order chi connectivity index (χ1) is 8.61. The molecule has 1 N–H and O–H groups in total. The van der Waals surface area contributed by atoms with E-state index >= 15 is 0 Å². The molecule has 0 aliphatic carbocycles. The van der Waals surface area contributed by atoms with Crippen LogP contribution in [0.1, 0.15) is 16.8 Å². The van der Waals surface area contributed by atoms with Crippen LogP contribution in [0.15, 0.2) is 29.2 Å². The van der Waals surface area contributed by atoms with Crippen LogP contribution < -0.4 is 5.32 Å². The second-order valence-corrected chi connectivity index (χ2v) is 5.44. The number of hydrogen-bond acceptors (Lipinski definition) is 3. The number of hydrogen-bond donors (Lipinski definition) is 1. The van der Waals surface area contributed by atoms with E-state index in [1.54, 1.807) is 0 Å².